The van der Waals surface area contributed by atoms with Crippen LogP contribution in [0.25, 0.3) is 10.9 Å². The highest BCUT2D eigenvalue weighted by atomic mass is 16.5. The Hall–Kier alpha value is -3.75. The molecule has 0 radical (unpaired) electrons. The van der Waals surface area contributed by atoms with Crippen molar-refractivity contribution in [2.24, 2.45) is 7.05 Å². The number of amides is 3. The molecule has 2 aromatic heterocycles. The van der Waals surface area contributed by atoms with Crippen LogP contribution in [0.3, 0.4) is 0 Å². The summed E-state index contributed by atoms with van der Waals surface area (Å²) < 4.78 is 7.43. The normalized spacial score (nSPS) is 17.3. The van der Waals surface area contributed by atoms with Crippen LogP contribution in [0, 0.1) is 0 Å². The third-order valence-corrected chi connectivity index (χ3v) is 5.29. The first-order valence-corrected chi connectivity index (χ1v) is 10.1. The number of fused-ring (bicyclic) bond motifs is 1. The number of hydrogen-bond donors (Lipinski definition) is 2. The molecule has 3 heterocycles. The van der Waals surface area contributed by atoms with Crippen molar-refractivity contribution < 1.29 is 19.1 Å². The molecular formula is C22H23N5O4. The smallest absolute Gasteiger partial charge is 0.258 e. The standard InChI is InChI=1S/C22H23N5O4/c1-13(16-7-3-4-11-23-16)24-19(29)12-31-17-8-5-6-14-20(26-27(2)21(14)17)15-9-10-18(28)25-22(15)30/h3-8,11,13,15H,9-10,12H2,1-2H3,(H,24,29)(H,25,28,30)/t13-,15?/m1/s1. The van der Waals surface area contributed by atoms with E-state index in [2.05, 4.69) is 20.7 Å². The maximum Gasteiger partial charge on any atom is 0.258 e. The molecule has 160 valence electrons. The lowest BCUT2D eigenvalue weighted by molar-refractivity contribution is -0.134. The van der Waals surface area contributed by atoms with Gasteiger partial charge in [-0.15, -0.1) is 0 Å². The number of imide groups is 1. The van der Waals surface area contributed by atoms with Gasteiger partial charge in [0.1, 0.15) is 11.3 Å². The number of nitrogens with zero attached hydrogens (tertiary/aromatic N) is 3. The Morgan fingerprint density at radius 1 is 1.29 bits per heavy atom. The van der Waals surface area contributed by atoms with Gasteiger partial charge in [0, 0.05) is 25.1 Å². The maximum absolute atomic E-state index is 12.4. The van der Waals surface area contributed by atoms with Gasteiger partial charge in [0.25, 0.3) is 5.91 Å². The molecule has 1 unspecified atom stereocenters. The van der Waals surface area contributed by atoms with E-state index >= 15 is 0 Å². The number of carbonyl (C=O) groups excluding carboxylic acids is 3. The zero-order chi connectivity index (χ0) is 22.0. The van der Waals surface area contributed by atoms with Gasteiger partial charge in [-0.1, -0.05) is 18.2 Å². The number of rotatable bonds is 6. The van der Waals surface area contributed by atoms with Crippen molar-refractivity contribution in [3.8, 4) is 5.75 Å². The van der Waals surface area contributed by atoms with Crippen LogP contribution in [0.5, 0.6) is 5.75 Å². The predicted molar refractivity (Wildman–Crippen MR) is 112 cm³/mol. The number of piperidine rings is 1. The molecule has 3 aromatic rings. The summed E-state index contributed by atoms with van der Waals surface area (Å²) in [5.74, 6) is -0.893. The minimum atomic E-state index is -0.501. The first-order valence-electron chi connectivity index (χ1n) is 10.1. The largest absolute Gasteiger partial charge is 0.482 e. The molecule has 31 heavy (non-hydrogen) atoms. The molecule has 1 aromatic carbocycles. The number of nitrogens with one attached hydrogen (secondary N) is 2. The second kappa shape index (κ2) is 8.55. The van der Waals surface area contributed by atoms with Crippen LogP contribution in [-0.4, -0.2) is 39.1 Å². The summed E-state index contributed by atoms with van der Waals surface area (Å²) in [6.07, 6.45) is 2.37. The van der Waals surface area contributed by atoms with Crippen LogP contribution in [0.2, 0.25) is 0 Å². The molecule has 2 N–H and O–H groups in total. The zero-order valence-electron chi connectivity index (χ0n) is 17.3. The lowest BCUT2D eigenvalue weighted by Gasteiger charge is -2.19. The van der Waals surface area contributed by atoms with Gasteiger partial charge in [0.2, 0.25) is 11.8 Å². The van der Waals surface area contributed by atoms with Gasteiger partial charge in [0.05, 0.1) is 23.3 Å². The van der Waals surface area contributed by atoms with E-state index in [4.69, 9.17) is 4.74 Å². The fraction of sp³-hybridized carbons (Fsp3) is 0.318. The third-order valence-electron chi connectivity index (χ3n) is 5.29. The van der Waals surface area contributed by atoms with Crippen molar-refractivity contribution in [2.75, 3.05) is 6.61 Å². The molecule has 1 saturated heterocycles. The number of benzene rings is 1. The summed E-state index contributed by atoms with van der Waals surface area (Å²) in [6, 6.07) is 10.7. The Morgan fingerprint density at radius 3 is 2.87 bits per heavy atom. The van der Waals surface area contributed by atoms with Gasteiger partial charge in [-0.05, 0) is 31.5 Å². The summed E-state index contributed by atoms with van der Waals surface area (Å²) in [5, 5.41) is 10.5. The van der Waals surface area contributed by atoms with E-state index in [1.807, 2.05) is 31.2 Å². The first kappa shape index (κ1) is 20.5. The molecule has 0 aliphatic carbocycles. The molecule has 1 fully saturated rings. The fourth-order valence-electron chi connectivity index (χ4n) is 3.79. The molecule has 4 rings (SSSR count). The minimum absolute atomic E-state index is 0.171. The molecule has 9 heteroatoms. The lowest BCUT2D eigenvalue weighted by atomic mass is 9.93. The molecule has 0 saturated carbocycles. The Labute approximate surface area is 178 Å². The Morgan fingerprint density at radius 2 is 2.13 bits per heavy atom. The molecule has 9 nitrogen and oxygen atoms in total. The lowest BCUT2D eigenvalue weighted by Crippen LogP contribution is -2.39. The number of para-hydroxylation sites is 1. The van der Waals surface area contributed by atoms with Crippen LogP contribution in [0.1, 0.15) is 43.1 Å². The highest BCUT2D eigenvalue weighted by molar-refractivity contribution is 6.03. The van der Waals surface area contributed by atoms with Gasteiger partial charge >= 0.3 is 0 Å². The van der Waals surface area contributed by atoms with E-state index < -0.39 is 5.92 Å². The van der Waals surface area contributed by atoms with E-state index in [1.165, 1.54) is 0 Å². The van der Waals surface area contributed by atoms with Gasteiger partial charge in [0.15, 0.2) is 6.61 Å². The average molecular weight is 421 g/mol. The number of pyridine rings is 1. The van der Waals surface area contributed by atoms with Crippen LogP contribution < -0.4 is 15.4 Å². The van der Waals surface area contributed by atoms with Crippen LogP contribution >= 0.6 is 0 Å². The van der Waals surface area contributed by atoms with Crippen molar-refractivity contribution in [2.45, 2.75) is 31.7 Å². The van der Waals surface area contributed by atoms with Crippen molar-refractivity contribution in [1.29, 1.82) is 0 Å². The number of aryl methyl sites for hydroxylation is 1. The second-order valence-electron chi connectivity index (χ2n) is 7.50. The number of carbonyl (C=O) groups is 3. The van der Waals surface area contributed by atoms with Gasteiger partial charge in [-0.3, -0.25) is 29.4 Å². The minimum Gasteiger partial charge on any atom is -0.482 e. The Kier molecular flexibility index (Phi) is 5.66. The van der Waals surface area contributed by atoms with Crippen molar-refractivity contribution >= 4 is 28.6 Å². The van der Waals surface area contributed by atoms with E-state index in [1.54, 1.807) is 30.1 Å². The monoisotopic (exact) mass is 421 g/mol. The van der Waals surface area contributed by atoms with Gasteiger partial charge in [-0.2, -0.15) is 5.10 Å². The maximum atomic E-state index is 12.4. The van der Waals surface area contributed by atoms with E-state index in [9.17, 15) is 14.4 Å². The van der Waals surface area contributed by atoms with Gasteiger partial charge in [-0.25, -0.2) is 0 Å². The second-order valence-corrected chi connectivity index (χ2v) is 7.50. The summed E-state index contributed by atoms with van der Waals surface area (Å²) in [7, 11) is 1.76. The average Bonchev–Trinajstić information content (AvgIpc) is 3.10. The van der Waals surface area contributed by atoms with Crippen LogP contribution in [0.4, 0.5) is 0 Å². The summed E-state index contributed by atoms with van der Waals surface area (Å²) >= 11 is 0. The summed E-state index contributed by atoms with van der Waals surface area (Å²) in [5.41, 5.74) is 2.05. The quantitative estimate of drug-likeness (QED) is 0.586. The Bertz CT molecular complexity index is 1140. The molecule has 3 amide bonds. The first-order chi connectivity index (χ1) is 14.9. The van der Waals surface area contributed by atoms with Crippen molar-refractivity contribution in [3.63, 3.8) is 0 Å². The predicted octanol–water partition coefficient (Wildman–Crippen LogP) is 1.74. The van der Waals surface area contributed by atoms with Gasteiger partial charge < -0.3 is 10.1 Å². The molecule has 1 aliphatic heterocycles. The van der Waals surface area contributed by atoms with Crippen molar-refractivity contribution in [1.82, 2.24) is 25.4 Å². The number of hydrogen-bond acceptors (Lipinski definition) is 6. The van der Waals surface area contributed by atoms with Crippen LogP contribution in [0.15, 0.2) is 42.6 Å². The van der Waals surface area contributed by atoms with Crippen LogP contribution in [-0.2, 0) is 21.4 Å². The summed E-state index contributed by atoms with van der Waals surface area (Å²) in [6.45, 7) is 1.68. The topological polar surface area (TPSA) is 115 Å². The van der Waals surface area contributed by atoms with E-state index in [-0.39, 0.29) is 36.8 Å². The molecule has 0 bridgehead atoms. The highest BCUT2D eigenvalue weighted by Crippen LogP contribution is 2.34. The summed E-state index contributed by atoms with van der Waals surface area (Å²) in [4.78, 5) is 40.4. The molecule has 0 spiro atoms. The van der Waals surface area contributed by atoms with E-state index in [0.29, 0.717) is 23.4 Å². The molecule has 1 aliphatic rings. The third kappa shape index (κ3) is 4.25. The molecule has 2 atom stereocenters. The number of ether oxygens (including phenoxy) is 1. The SMILES string of the molecule is C[C@@H](NC(=O)COc1cccc2c(C3CCC(=O)NC3=O)nn(C)c12)c1ccccn1. The zero-order valence-corrected chi connectivity index (χ0v) is 17.3. The molecular weight excluding hydrogens is 398 g/mol. The Balaban J connectivity index is 1.50. The fourth-order valence-corrected chi connectivity index (χ4v) is 3.79. The van der Waals surface area contributed by atoms with E-state index in [0.717, 1.165) is 11.1 Å². The highest BCUT2D eigenvalue weighted by Gasteiger charge is 2.32. The number of aromatic nitrogens is 3. The van der Waals surface area contributed by atoms with Crippen molar-refractivity contribution in [3.05, 3.63) is 54.0 Å².